The van der Waals surface area contributed by atoms with Gasteiger partial charge in [-0.2, -0.15) is 13.2 Å². The van der Waals surface area contributed by atoms with Crippen molar-refractivity contribution in [2.24, 2.45) is 0 Å². The van der Waals surface area contributed by atoms with Gasteiger partial charge in [-0.15, -0.1) is 0 Å². The van der Waals surface area contributed by atoms with Gasteiger partial charge in [0.05, 0.1) is 26.3 Å². The summed E-state index contributed by atoms with van der Waals surface area (Å²) in [5.41, 5.74) is 0.146. The lowest BCUT2D eigenvalue weighted by molar-refractivity contribution is -0.137. The Morgan fingerprint density at radius 1 is 0.960 bits per heavy atom. The minimum Gasteiger partial charge on any atom is -0.497 e. The Balaban J connectivity index is 1.95. The van der Waals surface area contributed by atoms with E-state index in [4.69, 9.17) is 9.47 Å². The number of carbonyl (C=O) groups is 1. The van der Waals surface area contributed by atoms with E-state index in [9.17, 15) is 18.0 Å². The Bertz CT molecular complexity index is 709. The lowest BCUT2D eigenvalue weighted by Gasteiger charge is -2.11. The van der Waals surface area contributed by atoms with Crippen LogP contribution in [0.15, 0.2) is 42.5 Å². The molecule has 0 heterocycles. The summed E-state index contributed by atoms with van der Waals surface area (Å²) in [7, 11) is 2.99. The molecule has 25 heavy (non-hydrogen) atoms. The van der Waals surface area contributed by atoms with Crippen molar-refractivity contribution in [1.82, 2.24) is 0 Å². The molecule has 0 saturated carbocycles. The Labute approximate surface area is 142 Å². The molecular formula is C17H17F3N2O3. The van der Waals surface area contributed by atoms with Crippen LogP contribution in [0.5, 0.6) is 11.5 Å². The van der Waals surface area contributed by atoms with Gasteiger partial charge in [0.25, 0.3) is 0 Å². The molecule has 2 aromatic carbocycles. The number of halogens is 3. The zero-order valence-corrected chi connectivity index (χ0v) is 13.6. The van der Waals surface area contributed by atoms with E-state index in [0.29, 0.717) is 22.9 Å². The van der Waals surface area contributed by atoms with E-state index in [0.717, 1.165) is 12.1 Å². The van der Waals surface area contributed by atoms with Crippen molar-refractivity contribution in [2.45, 2.75) is 6.18 Å². The van der Waals surface area contributed by atoms with Crippen LogP contribution in [0.3, 0.4) is 0 Å². The average Bonchev–Trinajstić information content (AvgIpc) is 2.59. The van der Waals surface area contributed by atoms with Crippen molar-refractivity contribution in [2.75, 3.05) is 31.4 Å². The number of ether oxygens (including phenoxy) is 2. The number of carbonyl (C=O) groups excluding carboxylic acids is 1. The summed E-state index contributed by atoms with van der Waals surface area (Å²) in [5, 5.41) is 5.41. The highest BCUT2D eigenvalue weighted by Gasteiger charge is 2.29. The third-order valence-corrected chi connectivity index (χ3v) is 3.30. The first kappa shape index (κ1) is 18.4. The highest BCUT2D eigenvalue weighted by atomic mass is 19.4. The monoisotopic (exact) mass is 354 g/mol. The van der Waals surface area contributed by atoms with Gasteiger partial charge in [-0.25, -0.2) is 0 Å². The zero-order chi connectivity index (χ0) is 18.4. The van der Waals surface area contributed by atoms with Gasteiger partial charge < -0.3 is 20.1 Å². The lowest BCUT2D eigenvalue weighted by atomic mass is 10.2. The summed E-state index contributed by atoms with van der Waals surface area (Å²) >= 11 is 0. The van der Waals surface area contributed by atoms with Gasteiger partial charge in [-0.1, -0.05) is 0 Å². The predicted octanol–water partition coefficient (Wildman–Crippen LogP) is 3.77. The maximum atomic E-state index is 12.5. The van der Waals surface area contributed by atoms with Gasteiger partial charge in [-0.3, -0.25) is 4.79 Å². The summed E-state index contributed by atoms with van der Waals surface area (Å²) < 4.78 is 47.7. The second-order valence-corrected chi connectivity index (χ2v) is 5.08. The number of benzene rings is 2. The van der Waals surface area contributed by atoms with E-state index >= 15 is 0 Å². The molecule has 0 atom stereocenters. The molecule has 5 nitrogen and oxygen atoms in total. The molecule has 0 fully saturated rings. The van der Waals surface area contributed by atoms with Gasteiger partial charge in [0.1, 0.15) is 11.5 Å². The zero-order valence-electron chi connectivity index (χ0n) is 13.6. The van der Waals surface area contributed by atoms with Crippen LogP contribution in [0, 0.1) is 0 Å². The molecule has 2 rings (SSSR count). The molecule has 134 valence electrons. The standard InChI is InChI=1S/C17H17F3N2O3/c1-24-14-7-13(8-15(9-14)25-2)22-16(23)10-21-12-5-3-11(4-6-12)17(18,19)20/h3-9,21H,10H2,1-2H3,(H,22,23). The maximum Gasteiger partial charge on any atom is 0.416 e. The normalized spacial score (nSPS) is 10.9. The molecule has 8 heteroatoms. The number of nitrogens with one attached hydrogen (secondary N) is 2. The summed E-state index contributed by atoms with van der Waals surface area (Å²) in [6.07, 6.45) is -4.39. The first-order chi connectivity index (χ1) is 11.8. The molecule has 0 unspecified atom stereocenters. The van der Waals surface area contributed by atoms with Gasteiger partial charge in [-0.05, 0) is 24.3 Å². The Kier molecular flexibility index (Phi) is 5.74. The Morgan fingerprint density at radius 3 is 2.00 bits per heavy atom. The van der Waals surface area contributed by atoms with E-state index in [1.165, 1.54) is 26.4 Å². The van der Waals surface area contributed by atoms with Gasteiger partial charge in [0, 0.05) is 29.6 Å². The predicted molar refractivity (Wildman–Crippen MR) is 88.1 cm³/mol. The number of hydrogen-bond acceptors (Lipinski definition) is 4. The number of anilines is 2. The first-order valence-corrected chi connectivity index (χ1v) is 7.26. The van der Waals surface area contributed by atoms with Crippen molar-refractivity contribution < 1.29 is 27.4 Å². The quantitative estimate of drug-likeness (QED) is 0.829. The molecule has 0 aromatic heterocycles. The highest BCUT2D eigenvalue weighted by Crippen LogP contribution is 2.30. The second kappa shape index (κ2) is 7.78. The number of alkyl halides is 3. The maximum absolute atomic E-state index is 12.5. The third-order valence-electron chi connectivity index (χ3n) is 3.30. The molecule has 2 N–H and O–H groups in total. The smallest absolute Gasteiger partial charge is 0.416 e. The van der Waals surface area contributed by atoms with E-state index in [-0.39, 0.29) is 12.5 Å². The second-order valence-electron chi connectivity index (χ2n) is 5.08. The van der Waals surface area contributed by atoms with E-state index in [1.54, 1.807) is 18.2 Å². The Hall–Kier alpha value is -2.90. The number of methoxy groups -OCH3 is 2. The molecule has 0 aliphatic rings. The van der Waals surface area contributed by atoms with Crippen LogP contribution in [-0.4, -0.2) is 26.7 Å². The first-order valence-electron chi connectivity index (χ1n) is 7.26. The van der Waals surface area contributed by atoms with Crippen molar-refractivity contribution in [3.8, 4) is 11.5 Å². The highest BCUT2D eigenvalue weighted by molar-refractivity contribution is 5.94. The molecule has 0 radical (unpaired) electrons. The van der Waals surface area contributed by atoms with Gasteiger partial charge in [0.2, 0.25) is 5.91 Å². The largest absolute Gasteiger partial charge is 0.497 e. The number of hydrogen-bond donors (Lipinski definition) is 2. The van der Waals surface area contributed by atoms with Crippen molar-refractivity contribution >= 4 is 17.3 Å². The van der Waals surface area contributed by atoms with Crippen LogP contribution in [0.2, 0.25) is 0 Å². The van der Waals surface area contributed by atoms with E-state index < -0.39 is 11.7 Å². The molecule has 1 amide bonds. The SMILES string of the molecule is COc1cc(NC(=O)CNc2ccc(C(F)(F)F)cc2)cc(OC)c1. The topological polar surface area (TPSA) is 59.6 Å². The minimum atomic E-state index is -4.39. The van der Waals surface area contributed by atoms with Crippen LogP contribution in [0.4, 0.5) is 24.5 Å². The van der Waals surface area contributed by atoms with E-state index in [2.05, 4.69) is 10.6 Å². The summed E-state index contributed by atoms with van der Waals surface area (Å²) in [4.78, 5) is 12.0. The van der Waals surface area contributed by atoms with Crippen molar-refractivity contribution in [3.05, 3.63) is 48.0 Å². The van der Waals surface area contributed by atoms with Crippen molar-refractivity contribution in [1.29, 1.82) is 0 Å². The molecule has 2 aromatic rings. The Morgan fingerprint density at radius 2 is 1.52 bits per heavy atom. The molecule has 0 aliphatic carbocycles. The van der Waals surface area contributed by atoms with Crippen LogP contribution in [0.1, 0.15) is 5.56 Å². The summed E-state index contributed by atoms with van der Waals surface area (Å²) in [6.45, 7) is -0.106. The molecule has 0 spiro atoms. The fourth-order valence-corrected chi connectivity index (χ4v) is 2.04. The molecule has 0 bridgehead atoms. The number of rotatable bonds is 6. The summed E-state index contributed by atoms with van der Waals surface area (Å²) in [5.74, 6) is 0.672. The van der Waals surface area contributed by atoms with Crippen LogP contribution >= 0.6 is 0 Å². The fraction of sp³-hybridized carbons (Fsp3) is 0.235. The van der Waals surface area contributed by atoms with Gasteiger partial charge in [0.15, 0.2) is 0 Å². The van der Waals surface area contributed by atoms with E-state index in [1.807, 2.05) is 0 Å². The van der Waals surface area contributed by atoms with Gasteiger partial charge >= 0.3 is 6.18 Å². The number of amides is 1. The molecule has 0 saturated heterocycles. The molecule has 0 aliphatic heterocycles. The summed E-state index contributed by atoms with van der Waals surface area (Å²) in [6, 6.07) is 9.35. The van der Waals surface area contributed by atoms with Crippen molar-refractivity contribution in [3.63, 3.8) is 0 Å². The lowest BCUT2D eigenvalue weighted by Crippen LogP contribution is -2.21. The van der Waals surface area contributed by atoms with Crippen LogP contribution < -0.4 is 20.1 Å². The third kappa shape index (κ3) is 5.30. The van der Waals surface area contributed by atoms with Crippen LogP contribution in [0.25, 0.3) is 0 Å². The minimum absolute atomic E-state index is 0.106. The molecular weight excluding hydrogens is 337 g/mol. The fourth-order valence-electron chi connectivity index (χ4n) is 2.04. The average molecular weight is 354 g/mol. The van der Waals surface area contributed by atoms with Crippen LogP contribution in [-0.2, 0) is 11.0 Å².